The number of ether oxygens (including phenoxy) is 2. The fourth-order valence-corrected chi connectivity index (χ4v) is 3.46. The van der Waals surface area contributed by atoms with Gasteiger partial charge in [-0.1, -0.05) is 19.8 Å². The maximum absolute atomic E-state index is 5.91. The topological polar surface area (TPSA) is 18.5 Å². The van der Waals surface area contributed by atoms with Gasteiger partial charge in [0.2, 0.25) is 0 Å². The first kappa shape index (κ1) is 19.1. The summed E-state index contributed by atoms with van der Waals surface area (Å²) in [6.07, 6.45) is 10.4. The molecular weight excluding hydrogens is 298 g/mol. The van der Waals surface area contributed by atoms with Crippen molar-refractivity contribution in [3.05, 3.63) is 24.3 Å². The van der Waals surface area contributed by atoms with E-state index in [4.69, 9.17) is 9.47 Å². The maximum atomic E-state index is 5.91. The predicted octanol–water partition coefficient (Wildman–Crippen LogP) is 5.05. The highest BCUT2D eigenvalue weighted by atomic mass is 16.5. The zero-order valence-electron chi connectivity index (χ0n) is 15.8. The molecule has 3 heteroatoms. The van der Waals surface area contributed by atoms with E-state index < -0.39 is 0 Å². The molecular formula is C21H36NO2+. The second-order valence-corrected chi connectivity index (χ2v) is 7.43. The van der Waals surface area contributed by atoms with Gasteiger partial charge in [-0.05, 0) is 56.4 Å². The van der Waals surface area contributed by atoms with Crippen LogP contribution in [0.15, 0.2) is 24.3 Å². The zero-order chi connectivity index (χ0) is 17.1. The Labute approximate surface area is 148 Å². The second kappa shape index (κ2) is 10.6. The summed E-state index contributed by atoms with van der Waals surface area (Å²) in [5, 5.41) is 0. The van der Waals surface area contributed by atoms with Crippen LogP contribution in [0.25, 0.3) is 0 Å². The summed E-state index contributed by atoms with van der Waals surface area (Å²) in [5.41, 5.74) is 0. The van der Waals surface area contributed by atoms with E-state index in [1.165, 1.54) is 62.6 Å². The second-order valence-electron chi connectivity index (χ2n) is 7.43. The Morgan fingerprint density at radius 1 is 0.792 bits per heavy atom. The molecule has 0 bridgehead atoms. The fourth-order valence-electron chi connectivity index (χ4n) is 3.46. The van der Waals surface area contributed by atoms with Gasteiger partial charge in [-0.3, -0.25) is 0 Å². The molecule has 1 aliphatic rings. The number of benzene rings is 1. The SMILES string of the molecule is CCCCOc1ccc(OCCC[N+]2(C)CCCCCCC2)cc1. The molecule has 0 aliphatic carbocycles. The minimum Gasteiger partial charge on any atom is -0.494 e. The molecule has 2 rings (SSSR count). The maximum Gasteiger partial charge on any atom is 0.119 e. The van der Waals surface area contributed by atoms with E-state index >= 15 is 0 Å². The summed E-state index contributed by atoms with van der Waals surface area (Å²) in [6.45, 7) is 7.69. The lowest BCUT2D eigenvalue weighted by molar-refractivity contribution is -0.910. The van der Waals surface area contributed by atoms with E-state index in [-0.39, 0.29) is 0 Å². The molecule has 136 valence electrons. The van der Waals surface area contributed by atoms with E-state index in [1.54, 1.807) is 0 Å². The molecule has 3 nitrogen and oxygen atoms in total. The van der Waals surface area contributed by atoms with Crippen LogP contribution in [-0.4, -0.2) is 44.4 Å². The summed E-state index contributed by atoms with van der Waals surface area (Å²) >= 11 is 0. The molecule has 0 saturated carbocycles. The zero-order valence-corrected chi connectivity index (χ0v) is 15.8. The van der Waals surface area contributed by atoms with Gasteiger partial charge in [-0.15, -0.1) is 0 Å². The number of rotatable bonds is 9. The standard InChI is InChI=1S/C21H36NO2/c1-3-4-18-23-20-11-13-21(14-12-20)24-19-10-17-22(2)15-8-6-5-7-9-16-22/h11-14H,3-10,15-19H2,1-2H3/q+1. The molecule has 0 radical (unpaired) electrons. The molecule has 1 saturated heterocycles. The molecule has 1 fully saturated rings. The Bertz CT molecular complexity index is 436. The van der Waals surface area contributed by atoms with E-state index in [0.717, 1.165) is 37.6 Å². The van der Waals surface area contributed by atoms with Gasteiger partial charge in [-0.25, -0.2) is 0 Å². The van der Waals surface area contributed by atoms with Crippen molar-refractivity contribution in [2.45, 2.75) is 58.3 Å². The molecule has 1 aromatic rings. The van der Waals surface area contributed by atoms with Crippen LogP contribution in [0.2, 0.25) is 0 Å². The van der Waals surface area contributed by atoms with Crippen LogP contribution >= 0.6 is 0 Å². The number of hydrogen-bond acceptors (Lipinski definition) is 2. The van der Waals surface area contributed by atoms with Gasteiger partial charge >= 0.3 is 0 Å². The summed E-state index contributed by atoms with van der Waals surface area (Å²) in [4.78, 5) is 0. The average molecular weight is 335 g/mol. The summed E-state index contributed by atoms with van der Waals surface area (Å²) in [6, 6.07) is 8.07. The highest BCUT2D eigenvalue weighted by Gasteiger charge is 2.21. The Morgan fingerprint density at radius 2 is 1.29 bits per heavy atom. The van der Waals surface area contributed by atoms with Crippen LogP contribution in [0.4, 0.5) is 0 Å². The van der Waals surface area contributed by atoms with E-state index in [0.29, 0.717) is 0 Å². The molecule has 0 N–H and O–H groups in total. The van der Waals surface area contributed by atoms with Crippen molar-refractivity contribution in [3.63, 3.8) is 0 Å². The number of quaternary nitrogens is 1. The third-order valence-electron chi connectivity index (χ3n) is 5.10. The molecule has 0 atom stereocenters. The van der Waals surface area contributed by atoms with Crippen molar-refractivity contribution in [2.75, 3.05) is 39.9 Å². The highest BCUT2D eigenvalue weighted by molar-refractivity contribution is 5.31. The lowest BCUT2D eigenvalue weighted by atomic mass is 10.1. The Kier molecular flexibility index (Phi) is 8.44. The van der Waals surface area contributed by atoms with Crippen molar-refractivity contribution in [3.8, 4) is 11.5 Å². The summed E-state index contributed by atoms with van der Waals surface area (Å²) in [5.74, 6) is 1.89. The molecule has 0 amide bonds. The monoisotopic (exact) mass is 334 g/mol. The minimum atomic E-state index is 0.799. The number of likely N-dealkylation sites (tertiary alicyclic amines) is 1. The van der Waals surface area contributed by atoms with E-state index in [2.05, 4.69) is 14.0 Å². The average Bonchev–Trinajstić information content (AvgIpc) is 2.57. The summed E-state index contributed by atoms with van der Waals surface area (Å²) < 4.78 is 12.8. The van der Waals surface area contributed by atoms with Gasteiger partial charge in [0.1, 0.15) is 11.5 Å². The molecule has 0 aromatic heterocycles. The molecule has 1 aliphatic heterocycles. The van der Waals surface area contributed by atoms with Crippen LogP contribution < -0.4 is 9.47 Å². The van der Waals surface area contributed by atoms with Crippen molar-refractivity contribution in [1.29, 1.82) is 0 Å². The van der Waals surface area contributed by atoms with Gasteiger partial charge in [0.05, 0.1) is 39.9 Å². The van der Waals surface area contributed by atoms with Gasteiger partial charge in [0.15, 0.2) is 0 Å². The highest BCUT2D eigenvalue weighted by Crippen LogP contribution is 2.19. The molecule has 1 aromatic carbocycles. The third-order valence-corrected chi connectivity index (χ3v) is 5.10. The van der Waals surface area contributed by atoms with E-state index in [1.807, 2.05) is 24.3 Å². The first-order valence-electron chi connectivity index (χ1n) is 9.91. The molecule has 0 spiro atoms. The van der Waals surface area contributed by atoms with Crippen LogP contribution in [0, 0.1) is 0 Å². The number of unbranched alkanes of at least 4 members (excludes halogenated alkanes) is 1. The lowest BCUT2D eigenvalue weighted by Crippen LogP contribution is -2.47. The van der Waals surface area contributed by atoms with Gasteiger partial charge in [0, 0.05) is 6.42 Å². The molecule has 0 unspecified atom stereocenters. The Hall–Kier alpha value is -1.22. The number of hydrogen-bond donors (Lipinski definition) is 0. The third kappa shape index (κ3) is 7.12. The van der Waals surface area contributed by atoms with Crippen molar-refractivity contribution >= 4 is 0 Å². The van der Waals surface area contributed by atoms with Gasteiger partial charge in [0.25, 0.3) is 0 Å². The van der Waals surface area contributed by atoms with Gasteiger partial charge in [-0.2, -0.15) is 0 Å². The van der Waals surface area contributed by atoms with Crippen LogP contribution in [0.1, 0.15) is 58.3 Å². The molecule has 24 heavy (non-hydrogen) atoms. The van der Waals surface area contributed by atoms with Crippen molar-refractivity contribution in [1.82, 2.24) is 0 Å². The summed E-state index contributed by atoms with van der Waals surface area (Å²) in [7, 11) is 2.42. The fraction of sp³-hybridized carbons (Fsp3) is 0.714. The first-order valence-corrected chi connectivity index (χ1v) is 9.91. The minimum absolute atomic E-state index is 0.799. The Balaban J connectivity index is 1.66. The number of nitrogens with zero attached hydrogens (tertiary/aromatic N) is 1. The Morgan fingerprint density at radius 3 is 1.83 bits per heavy atom. The quantitative estimate of drug-likeness (QED) is 0.465. The largest absolute Gasteiger partial charge is 0.494 e. The smallest absolute Gasteiger partial charge is 0.119 e. The van der Waals surface area contributed by atoms with Crippen LogP contribution in [-0.2, 0) is 0 Å². The van der Waals surface area contributed by atoms with Crippen molar-refractivity contribution in [2.24, 2.45) is 0 Å². The van der Waals surface area contributed by atoms with E-state index in [9.17, 15) is 0 Å². The van der Waals surface area contributed by atoms with Crippen LogP contribution in [0.5, 0.6) is 11.5 Å². The normalized spacial score (nSPS) is 17.8. The van der Waals surface area contributed by atoms with Gasteiger partial charge < -0.3 is 14.0 Å². The molecule has 1 heterocycles. The predicted molar refractivity (Wildman–Crippen MR) is 101 cm³/mol. The lowest BCUT2D eigenvalue weighted by Gasteiger charge is -2.36. The van der Waals surface area contributed by atoms with Crippen LogP contribution in [0.3, 0.4) is 0 Å². The first-order chi connectivity index (χ1) is 11.7. The van der Waals surface area contributed by atoms with Crippen molar-refractivity contribution < 1.29 is 14.0 Å².